The van der Waals surface area contributed by atoms with Crippen LogP contribution in [-0.2, 0) is 19.5 Å². The van der Waals surface area contributed by atoms with Crippen LogP contribution in [0.3, 0.4) is 0 Å². The van der Waals surface area contributed by atoms with E-state index in [9.17, 15) is 50.4 Å². The summed E-state index contributed by atoms with van der Waals surface area (Å²) in [6, 6.07) is 13.6. The van der Waals surface area contributed by atoms with Gasteiger partial charge in [-0.2, -0.15) is 10.5 Å². The molecule has 2 nitrogen and oxygen atoms in total. The Balaban J connectivity index is -0.000000128. The summed E-state index contributed by atoms with van der Waals surface area (Å²) in [5, 5.41) is 14.6. The van der Waals surface area contributed by atoms with Crippen molar-refractivity contribution in [1.29, 1.82) is 10.5 Å². The van der Waals surface area contributed by atoms with Crippen LogP contribution in [0.25, 0.3) is 0 Å². The number of benzene rings is 1. The molecule has 2 rings (SSSR count). The predicted molar refractivity (Wildman–Crippen MR) is 134 cm³/mol. The van der Waals surface area contributed by atoms with E-state index < -0.39 is 15.6 Å². The van der Waals surface area contributed by atoms with Crippen molar-refractivity contribution in [2.45, 2.75) is 48.5 Å². The summed E-state index contributed by atoms with van der Waals surface area (Å²) in [6.07, 6.45) is 3.76. The Morgan fingerprint density at radius 3 is 0.900 bits per heavy atom. The summed E-state index contributed by atoms with van der Waals surface area (Å²) in [6.45, 7) is 17.5. The SMILES string of the molecule is CC#N.CC#N.C[C]1[C](C)[C](C)[C](C)[C]1C.F[P-](F)(F)(F)(F)F.F[P-](F)(F)(F)(F)F.[CH2][CH][CH]c1ccccc1.[Ru+2]. The molecule has 8 radical (unpaired) electrons. The van der Waals surface area contributed by atoms with Gasteiger partial charge in [-0.3, -0.25) is 0 Å². The quantitative estimate of drug-likeness (QED) is 0.173. The number of halogens is 12. The molecule has 0 saturated heterocycles. The Labute approximate surface area is 241 Å². The monoisotopic (exact) mass is 726 g/mol. The molecule has 0 bridgehead atoms. The van der Waals surface area contributed by atoms with Gasteiger partial charge in [0.25, 0.3) is 0 Å². The minimum absolute atomic E-state index is 0. The Bertz CT molecular complexity index is 787. The number of nitrogens with zero attached hydrogens (tertiary/aromatic N) is 2. The van der Waals surface area contributed by atoms with E-state index in [1.807, 2.05) is 36.8 Å². The molecule has 1 aromatic carbocycles. The molecule has 1 aromatic rings. The summed E-state index contributed by atoms with van der Waals surface area (Å²) in [5.74, 6) is 7.34. The molecule has 0 amide bonds. The van der Waals surface area contributed by atoms with Gasteiger partial charge in [0.1, 0.15) is 0 Å². The zero-order valence-electron chi connectivity index (χ0n) is 22.4. The molecule has 0 N–H and O–H groups in total. The third-order valence-electron chi connectivity index (χ3n) is 3.92. The van der Waals surface area contributed by atoms with Gasteiger partial charge < -0.3 is 0 Å². The van der Waals surface area contributed by atoms with E-state index in [-0.39, 0.29) is 19.5 Å². The van der Waals surface area contributed by atoms with Gasteiger partial charge >= 0.3 is 85.5 Å². The normalized spacial score (nSPS) is 17.8. The van der Waals surface area contributed by atoms with E-state index in [2.05, 4.69) is 41.5 Å². The summed E-state index contributed by atoms with van der Waals surface area (Å²) < 4.78 is 118. The fraction of sp³-hybridized carbons (Fsp3) is 0.304. The zero-order chi connectivity index (χ0) is 32.6. The largest absolute Gasteiger partial charge is 2.00 e. The summed E-state index contributed by atoms with van der Waals surface area (Å²) in [7, 11) is -21.3. The van der Waals surface area contributed by atoms with Crippen LogP contribution < -0.4 is 0 Å². The number of hydrogen-bond acceptors (Lipinski definition) is 2. The van der Waals surface area contributed by atoms with Crippen LogP contribution >= 0.6 is 15.6 Å². The van der Waals surface area contributed by atoms with Crippen molar-refractivity contribution in [3.63, 3.8) is 0 Å². The maximum atomic E-state index is 9.87. The van der Waals surface area contributed by atoms with E-state index in [4.69, 9.17) is 10.5 Å². The summed E-state index contributed by atoms with van der Waals surface area (Å²) in [4.78, 5) is 0. The Hall–Kier alpha value is -1.16. The van der Waals surface area contributed by atoms with Crippen molar-refractivity contribution in [3.8, 4) is 12.1 Å². The van der Waals surface area contributed by atoms with Gasteiger partial charge in [0.05, 0.1) is 12.1 Å². The van der Waals surface area contributed by atoms with Gasteiger partial charge in [0.15, 0.2) is 0 Å². The fourth-order valence-electron chi connectivity index (χ4n) is 2.11. The second-order valence-corrected chi connectivity index (χ2v) is 11.1. The maximum absolute atomic E-state index is 10.7. The van der Waals surface area contributed by atoms with E-state index >= 15 is 0 Å². The molecular formula is C23H30F12N2P2Ru. The molecule has 1 aliphatic rings. The molecule has 17 heteroatoms. The van der Waals surface area contributed by atoms with Crippen molar-refractivity contribution in [3.05, 3.63) is 85.3 Å². The van der Waals surface area contributed by atoms with Crippen LogP contribution in [-0.4, -0.2) is 0 Å². The molecule has 1 saturated carbocycles. The van der Waals surface area contributed by atoms with Crippen LogP contribution in [0.5, 0.6) is 0 Å². The van der Waals surface area contributed by atoms with E-state index in [0.717, 1.165) is 0 Å². The molecule has 0 spiro atoms. The topological polar surface area (TPSA) is 47.6 Å². The first-order valence-corrected chi connectivity index (χ1v) is 14.2. The molecule has 1 fully saturated rings. The van der Waals surface area contributed by atoms with Gasteiger partial charge in [-0.05, 0) is 54.9 Å². The van der Waals surface area contributed by atoms with Crippen LogP contribution in [0.15, 0.2) is 30.3 Å². The van der Waals surface area contributed by atoms with Crippen LogP contribution in [0.4, 0.5) is 50.4 Å². The van der Waals surface area contributed by atoms with Gasteiger partial charge in [0, 0.05) is 13.8 Å². The zero-order valence-corrected chi connectivity index (χ0v) is 26.0. The van der Waals surface area contributed by atoms with Crippen molar-refractivity contribution in [2.24, 2.45) is 0 Å². The van der Waals surface area contributed by atoms with Crippen molar-refractivity contribution in [1.82, 2.24) is 0 Å². The molecule has 0 unspecified atom stereocenters. The minimum Gasteiger partial charge on any atom is -0.0622 e. The van der Waals surface area contributed by atoms with Crippen molar-refractivity contribution >= 4 is 15.6 Å². The fourth-order valence-corrected chi connectivity index (χ4v) is 2.11. The smallest absolute Gasteiger partial charge is 0.0622 e. The number of rotatable bonds is 2. The summed E-state index contributed by atoms with van der Waals surface area (Å²) in [5.41, 5.74) is 1.20. The molecule has 0 aliphatic heterocycles. The average Bonchev–Trinajstić information content (AvgIpc) is 2.84. The Morgan fingerprint density at radius 2 is 0.750 bits per heavy atom. The predicted octanol–water partition coefficient (Wildman–Crippen LogP) is 13.1. The number of hydrogen-bond donors (Lipinski definition) is 0. The van der Waals surface area contributed by atoms with Crippen molar-refractivity contribution in [2.75, 3.05) is 0 Å². The molecule has 0 aromatic heterocycles. The third-order valence-corrected chi connectivity index (χ3v) is 3.92. The second kappa shape index (κ2) is 16.5. The molecule has 0 atom stereocenters. The first-order valence-electron chi connectivity index (χ1n) is 10.2. The summed E-state index contributed by atoms with van der Waals surface area (Å²) >= 11 is 0. The second-order valence-electron chi connectivity index (χ2n) is 7.30. The number of nitriles is 2. The van der Waals surface area contributed by atoms with Crippen molar-refractivity contribution < 1.29 is 69.8 Å². The molecule has 40 heavy (non-hydrogen) atoms. The Morgan fingerprint density at radius 1 is 0.575 bits per heavy atom. The molecule has 1 aliphatic carbocycles. The van der Waals surface area contributed by atoms with E-state index in [0.29, 0.717) is 0 Å². The molecular weight excluding hydrogens is 695 g/mol. The van der Waals surface area contributed by atoms with Crippen LogP contribution in [0.2, 0.25) is 0 Å². The van der Waals surface area contributed by atoms with Gasteiger partial charge in [-0.15, -0.1) is 0 Å². The average molecular weight is 726 g/mol. The Kier molecular flexibility index (Phi) is 20.0. The first-order chi connectivity index (χ1) is 16.7. The van der Waals surface area contributed by atoms with Crippen LogP contribution in [0.1, 0.15) is 54.0 Å². The minimum atomic E-state index is -10.7. The van der Waals surface area contributed by atoms with E-state index in [1.54, 1.807) is 18.6 Å². The third kappa shape index (κ3) is 53.1. The molecule has 234 valence electrons. The first kappa shape index (κ1) is 48.6. The van der Waals surface area contributed by atoms with E-state index in [1.165, 1.54) is 49.0 Å². The van der Waals surface area contributed by atoms with Gasteiger partial charge in [-0.25, -0.2) is 0 Å². The standard InChI is InChI=1S/C10H15.C9H9.2C2H3N.2F6P.Ru/c1-6-7(2)9(4)10(5)8(6)3;1-2-6-9-7-4-3-5-8-9;2*1-2-3;2*1-7(2,3,4,5)6;/h1-5H3;2-8H,1H2;2*1H3;;;/q;;;;2*-1;+2. The maximum Gasteiger partial charge on any atom is 2.00 e. The van der Waals surface area contributed by atoms with Crippen LogP contribution in [0, 0.1) is 72.0 Å². The van der Waals surface area contributed by atoms with Gasteiger partial charge in [0.2, 0.25) is 0 Å². The van der Waals surface area contributed by atoms with Gasteiger partial charge in [-0.1, -0.05) is 65.0 Å². The molecule has 0 heterocycles.